The minimum absolute atomic E-state index is 0.0255. The van der Waals surface area contributed by atoms with Gasteiger partial charge in [-0.3, -0.25) is 0 Å². The fourth-order valence-electron chi connectivity index (χ4n) is 1.14. The summed E-state index contributed by atoms with van der Waals surface area (Å²) in [5.74, 6) is 0.618. The number of nitrogen functional groups attached to an aromatic ring is 1. The third kappa shape index (κ3) is 4.43. The van der Waals surface area contributed by atoms with Crippen LogP contribution in [0.3, 0.4) is 0 Å². The van der Waals surface area contributed by atoms with Gasteiger partial charge in [0.1, 0.15) is 11.9 Å². The molecule has 4 N–H and O–H groups in total. The highest BCUT2D eigenvalue weighted by atomic mass is 19.3. The van der Waals surface area contributed by atoms with Gasteiger partial charge in [-0.15, -0.1) is 0 Å². The van der Waals surface area contributed by atoms with Crippen LogP contribution in [0.2, 0.25) is 0 Å². The van der Waals surface area contributed by atoms with Gasteiger partial charge in [-0.2, -0.15) is 15.0 Å². The molecule has 17 heavy (non-hydrogen) atoms. The first-order valence-electron chi connectivity index (χ1n) is 5.23. The Morgan fingerprint density at radius 1 is 1.35 bits per heavy atom. The summed E-state index contributed by atoms with van der Waals surface area (Å²) in [5, 5.41) is 11.4. The highest BCUT2D eigenvalue weighted by Gasteiger charge is 2.16. The van der Waals surface area contributed by atoms with E-state index < -0.39 is 12.5 Å². The summed E-state index contributed by atoms with van der Waals surface area (Å²) < 4.78 is 24.1. The van der Waals surface area contributed by atoms with E-state index in [0.717, 1.165) is 6.42 Å². The number of nitrogens with zero attached hydrogens (tertiary/aromatic N) is 3. The second-order valence-electron chi connectivity index (χ2n) is 3.47. The lowest BCUT2D eigenvalue weighted by molar-refractivity contribution is 0.00376. The SMILES string of the molecule is CCCc1nc(N)nc(NCC(O)C(F)F)n1. The molecular formula is C9H15F2N5O. The first-order chi connectivity index (χ1) is 8.02. The van der Waals surface area contributed by atoms with E-state index in [1.165, 1.54) is 0 Å². The van der Waals surface area contributed by atoms with E-state index in [1.807, 2.05) is 6.92 Å². The minimum Gasteiger partial charge on any atom is -0.385 e. The number of hydrogen-bond donors (Lipinski definition) is 3. The van der Waals surface area contributed by atoms with Crippen molar-refractivity contribution < 1.29 is 13.9 Å². The van der Waals surface area contributed by atoms with Crippen molar-refractivity contribution >= 4 is 11.9 Å². The van der Waals surface area contributed by atoms with Crippen LogP contribution in [0.15, 0.2) is 0 Å². The van der Waals surface area contributed by atoms with E-state index in [4.69, 9.17) is 10.8 Å². The van der Waals surface area contributed by atoms with E-state index >= 15 is 0 Å². The third-order valence-corrected chi connectivity index (χ3v) is 1.93. The molecule has 96 valence electrons. The Morgan fingerprint density at radius 2 is 2.06 bits per heavy atom. The van der Waals surface area contributed by atoms with Crippen molar-refractivity contribution in [3.8, 4) is 0 Å². The second-order valence-corrected chi connectivity index (χ2v) is 3.47. The number of anilines is 2. The van der Waals surface area contributed by atoms with E-state index in [9.17, 15) is 8.78 Å². The molecule has 0 fully saturated rings. The number of aryl methyl sites for hydroxylation is 1. The number of aliphatic hydroxyl groups is 1. The summed E-state index contributed by atoms with van der Waals surface area (Å²) in [5.41, 5.74) is 5.44. The van der Waals surface area contributed by atoms with Crippen molar-refractivity contribution in [2.75, 3.05) is 17.6 Å². The maximum Gasteiger partial charge on any atom is 0.265 e. The molecule has 8 heteroatoms. The zero-order valence-corrected chi connectivity index (χ0v) is 9.40. The van der Waals surface area contributed by atoms with Gasteiger partial charge in [-0.25, -0.2) is 8.78 Å². The topological polar surface area (TPSA) is 97.0 Å². The standard InChI is InChI=1S/C9H15F2N5O/c1-2-3-6-14-8(12)16-9(15-6)13-4-5(17)7(10)11/h5,7,17H,2-4H2,1H3,(H3,12,13,14,15,16). The Balaban J connectivity index is 2.64. The summed E-state index contributed by atoms with van der Waals surface area (Å²) >= 11 is 0. The molecule has 0 spiro atoms. The maximum atomic E-state index is 12.0. The van der Waals surface area contributed by atoms with E-state index in [1.54, 1.807) is 0 Å². The smallest absolute Gasteiger partial charge is 0.265 e. The molecule has 1 heterocycles. The number of aromatic nitrogens is 3. The Bertz CT molecular complexity index is 363. The summed E-state index contributed by atoms with van der Waals surface area (Å²) in [6.45, 7) is 1.61. The molecule has 0 radical (unpaired) electrons. The molecule has 0 amide bonds. The van der Waals surface area contributed by atoms with Crippen LogP contribution in [0.1, 0.15) is 19.2 Å². The van der Waals surface area contributed by atoms with Gasteiger partial charge < -0.3 is 16.2 Å². The monoisotopic (exact) mass is 247 g/mol. The summed E-state index contributed by atoms with van der Waals surface area (Å²) in [7, 11) is 0. The van der Waals surface area contributed by atoms with Gasteiger partial charge in [0.15, 0.2) is 0 Å². The number of hydrogen-bond acceptors (Lipinski definition) is 6. The van der Waals surface area contributed by atoms with Crippen molar-refractivity contribution in [2.45, 2.75) is 32.3 Å². The van der Waals surface area contributed by atoms with Crippen LogP contribution in [0.5, 0.6) is 0 Å². The summed E-state index contributed by atoms with van der Waals surface area (Å²) in [6, 6.07) is 0. The molecule has 0 aliphatic heterocycles. The predicted octanol–water partition coefficient (Wildman–Crippen LogP) is 0.444. The lowest BCUT2D eigenvalue weighted by Gasteiger charge is -2.11. The zero-order chi connectivity index (χ0) is 12.8. The Hall–Kier alpha value is -1.57. The molecule has 6 nitrogen and oxygen atoms in total. The van der Waals surface area contributed by atoms with Crippen LogP contribution in [-0.4, -0.2) is 39.1 Å². The van der Waals surface area contributed by atoms with Crippen LogP contribution in [-0.2, 0) is 6.42 Å². The number of halogens is 2. The van der Waals surface area contributed by atoms with E-state index in [-0.39, 0.29) is 18.4 Å². The molecule has 1 atom stereocenters. The number of nitrogens with one attached hydrogen (secondary N) is 1. The normalized spacial score (nSPS) is 12.8. The Kier molecular flexibility index (Phi) is 4.95. The molecule has 1 unspecified atom stereocenters. The molecule has 0 aliphatic carbocycles. The van der Waals surface area contributed by atoms with E-state index in [2.05, 4.69) is 20.3 Å². The summed E-state index contributed by atoms with van der Waals surface area (Å²) in [4.78, 5) is 11.6. The molecule has 1 aromatic rings. The van der Waals surface area contributed by atoms with Crippen LogP contribution >= 0.6 is 0 Å². The van der Waals surface area contributed by atoms with Crippen LogP contribution < -0.4 is 11.1 Å². The van der Waals surface area contributed by atoms with Crippen LogP contribution in [0, 0.1) is 0 Å². The van der Waals surface area contributed by atoms with Crippen molar-refractivity contribution in [3.05, 3.63) is 5.82 Å². The Labute approximate surface area is 97.3 Å². The van der Waals surface area contributed by atoms with Crippen molar-refractivity contribution in [3.63, 3.8) is 0 Å². The van der Waals surface area contributed by atoms with Crippen molar-refractivity contribution in [1.82, 2.24) is 15.0 Å². The highest BCUT2D eigenvalue weighted by Crippen LogP contribution is 2.06. The van der Waals surface area contributed by atoms with E-state index in [0.29, 0.717) is 12.2 Å². The predicted molar refractivity (Wildman–Crippen MR) is 58.7 cm³/mol. The molecule has 0 saturated heterocycles. The van der Waals surface area contributed by atoms with Gasteiger partial charge in [0.25, 0.3) is 6.43 Å². The first-order valence-corrected chi connectivity index (χ1v) is 5.23. The van der Waals surface area contributed by atoms with Crippen LogP contribution in [0.4, 0.5) is 20.7 Å². The number of alkyl halides is 2. The number of rotatable bonds is 6. The molecule has 1 aromatic heterocycles. The first kappa shape index (κ1) is 13.5. The molecule has 1 rings (SSSR count). The molecule has 0 saturated carbocycles. The average molecular weight is 247 g/mol. The maximum absolute atomic E-state index is 12.0. The average Bonchev–Trinajstić information content (AvgIpc) is 2.25. The fraction of sp³-hybridized carbons (Fsp3) is 0.667. The van der Waals surface area contributed by atoms with Gasteiger partial charge in [0.2, 0.25) is 11.9 Å². The lowest BCUT2D eigenvalue weighted by atomic mass is 10.3. The molecule has 0 aliphatic rings. The van der Waals surface area contributed by atoms with Crippen molar-refractivity contribution in [2.24, 2.45) is 0 Å². The van der Waals surface area contributed by atoms with Gasteiger partial charge in [0.05, 0.1) is 0 Å². The minimum atomic E-state index is -2.81. The van der Waals surface area contributed by atoms with Crippen LogP contribution in [0.25, 0.3) is 0 Å². The summed E-state index contributed by atoms with van der Waals surface area (Å²) in [6.07, 6.45) is -3.11. The Morgan fingerprint density at radius 3 is 2.65 bits per heavy atom. The highest BCUT2D eigenvalue weighted by molar-refractivity contribution is 5.31. The van der Waals surface area contributed by atoms with Gasteiger partial charge in [0, 0.05) is 13.0 Å². The molecular weight excluding hydrogens is 232 g/mol. The molecule has 0 bridgehead atoms. The van der Waals surface area contributed by atoms with Gasteiger partial charge in [-0.05, 0) is 6.42 Å². The van der Waals surface area contributed by atoms with Gasteiger partial charge >= 0.3 is 0 Å². The number of nitrogens with two attached hydrogens (primary N) is 1. The number of aliphatic hydroxyl groups excluding tert-OH is 1. The van der Waals surface area contributed by atoms with Gasteiger partial charge in [-0.1, -0.05) is 6.92 Å². The second kappa shape index (κ2) is 6.24. The molecule has 0 aromatic carbocycles. The lowest BCUT2D eigenvalue weighted by Crippen LogP contribution is -2.27. The quantitative estimate of drug-likeness (QED) is 0.675. The largest absolute Gasteiger partial charge is 0.385 e. The zero-order valence-electron chi connectivity index (χ0n) is 9.40. The third-order valence-electron chi connectivity index (χ3n) is 1.93. The van der Waals surface area contributed by atoms with Crippen molar-refractivity contribution in [1.29, 1.82) is 0 Å². The fourth-order valence-corrected chi connectivity index (χ4v) is 1.14.